The summed E-state index contributed by atoms with van der Waals surface area (Å²) in [5.74, 6) is 1.29. The average Bonchev–Trinajstić information content (AvgIpc) is 3.42. The largest absolute Gasteiger partial charge is 0.497 e. The molecule has 7 heteroatoms. The number of rotatable bonds is 3. The Morgan fingerprint density at radius 3 is 2.89 bits per heavy atom. The topological polar surface area (TPSA) is 76.0 Å². The zero-order valence-electron chi connectivity index (χ0n) is 14.7. The molecule has 1 amide bonds. The number of anilines is 1. The highest BCUT2D eigenvalue weighted by Crippen LogP contribution is 2.29. The Bertz CT molecular complexity index is 1160. The fourth-order valence-corrected chi connectivity index (χ4v) is 3.49. The van der Waals surface area contributed by atoms with Gasteiger partial charge >= 0.3 is 0 Å². The van der Waals surface area contributed by atoms with Crippen molar-refractivity contribution in [3.63, 3.8) is 0 Å². The Balaban J connectivity index is 1.47. The van der Waals surface area contributed by atoms with E-state index >= 15 is 0 Å². The number of fused-ring (bicyclic) bond motifs is 3. The van der Waals surface area contributed by atoms with Crippen LogP contribution >= 0.6 is 0 Å². The zero-order valence-corrected chi connectivity index (χ0v) is 14.7. The second-order valence-corrected chi connectivity index (χ2v) is 6.41. The summed E-state index contributed by atoms with van der Waals surface area (Å²) in [7, 11) is 1.62. The molecule has 3 heterocycles. The first kappa shape index (κ1) is 15.6. The molecular formula is C20H17N5O2. The van der Waals surface area contributed by atoms with E-state index in [2.05, 4.69) is 19.7 Å². The van der Waals surface area contributed by atoms with Crippen molar-refractivity contribution >= 4 is 22.9 Å². The minimum absolute atomic E-state index is 0.134. The van der Waals surface area contributed by atoms with Crippen LogP contribution in [0.25, 0.3) is 22.3 Å². The highest BCUT2D eigenvalue weighted by Gasteiger charge is 2.30. The van der Waals surface area contributed by atoms with Crippen LogP contribution in [0, 0.1) is 0 Å². The maximum Gasteiger partial charge on any atom is 0.278 e. The Morgan fingerprint density at radius 2 is 2.00 bits per heavy atom. The summed E-state index contributed by atoms with van der Waals surface area (Å²) in [4.78, 5) is 19.4. The van der Waals surface area contributed by atoms with Gasteiger partial charge in [-0.25, -0.2) is 4.98 Å². The molecule has 0 fully saturated rings. The summed E-state index contributed by atoms with van der Waals surface area (Å²) < 4.78 is 7.33. The summed E-state index contributed by atoms with van der Waals surface area (Å²) in [6.07, 6.45) is 0. The summed E-state index contributed by atoms with van der Waals surface area (Å²) >= 11 is 0. The van der Waals surface area contributed by atoms with Gasteiger partial charge in [0.1, 0.15) is 11.4 Å². The van der Waals surface area contributed by atoms with Crippen molar-refractivity contribution in [1.29, 1.82) is 0 Å². The number of aromatic amines is 1. The first-order valence-corrected chi connectivity index (χ1v) is 8.71. The number of amides is 1. The third-order valence-corrected chi connectivity index (χ3v) is 4.84. The highest BCUT2D eigenvalue weighted by atomic mass is 16.5. The van der Waals surface area contributed by atoms with Crippen LogP contribution in [0.15, 0.2) is 54.6 Å². The van der Waals surface area contributed by atoms with Gasteiger partial charge in [0.25, 0.3) is 5.91 Å². The summed E-state index contributed by atoms with van der Waals surface area (Å²) in [5, 5.41) is 7.16. The summed E-state index contributed by atoms with van der Waals surface area (Å²) in [5.41, 5.74) is 3.97. The second kappa shape index (κ2) is 5.98. The fourth-order valence-electron chi connectivity index (χ4n) is 3.49. The number of imidazole rings is 1. The predicted octanol–water partition coefficient (Wildman–Crippen LogP) is 3.10. The third kappa shape index (κ3) is 2.47. The lowest BCUT2D eigenvalue weighted by Gasteiger charge is -2.12. The number of methoxy groups -OCH3 is 1. The summed E-state index contributed by atoms with van der Waals surface area (Å²) in [6.45, 7) is 1.33. The highest BCUT2D eigenvalue weighted by molar-refractivity contribution is 6.05. The molecule has 1 aliphatic rings. The van der Waals surface area contributed by atoms with E-state index in [9.17, 15) is 4.79 Å². The number of para-hydroxylation sites is 2. The molecule has 0 saturated heterocycles. The Morgan fingerprint density at radius 1 is 1.11 bits per heavy atom. The normalized spacial score (nSPS) is 13.1. The van der Waals surface area contributed by atoms with Gasteiger partial charge in [0.2, 0.25) is 5.95 Å². The van der Waals surface area contributed by atoms with Crippen LogP contribution in [-0.2, 0) is 6.54 Å². The van der Waals surface area contributed by atoms with Crippen molar-refractivity contribution < 1.29 is 9.53 Å². The van der Waals surface area contributed by atoms with Gasteiger partial charge in [-0.2, -0.15) is 5.10 Å². The number of ether oxygens (including phenoxy) is 1. The molecule has 7 nitrogen and oxygen atoms in total. The van der Waals surface area contributed by atoms with Gasteiger partial charge in [-0.1, -0.05) is 24.3 Å². The Hall–Kier alpha value is -3.61. The molecule has 0 atom stereocenters. The lowest BCUT2D eigenvalue weighted by atomic mass is 10.1. The van der Waals surface area contributed by atoms with Crippen molar-refractivity contribution in [3.05, 3.63) is 60.3 Å². The van der Waals surface area contributed by atoms with Crippen LogP contribution < -0.4 is 9.64 Å². The lowest BCUT2D eigenvalue weighted by Crippen LogP contribution is -2.29. The van der Waals surface area contributed by atoms with E-state index in [0.717, 1.165) is 28.9 Å². The number of H-pyrrole nitrogens is 1. The fraction of sp³-hybridized carbons (Fsp3) is 0.150. The molecule has 0 aliphatic carbocycles. The first-order valence-electron chi connectivity index (χ1n) is 8.71. The van der Waals surface area contributed by atoms with E-state index in [1.54, 1.807) is 18.1 Å². The van der Waals surface area contributed by atoms with Gasteiger partial charge in [0, 0.05) is 18.7 Å². The minimum atomic E-state index is -0.134. The van der Waals surface area contributed by atoms with E-state index in [1.807, 2.05) is 48.5 Å². The molecule has 27 heavy (non-hydrogen) atoms. The van der Waals surface area contributed by atoms with Crippen molar-refractivity contribution in [1.82, 2.24) is 19.7 Å². The SMILES string of the molecule is COc1cccc(-c2cc(C(=O)N3CCn4c3nc3ccccc34)[nH]n2)c1. The average molecular weight is 359 g/mol. The van der Waals surface area contributed by atoms with E-state index in [0.29, 0.717) is 23.9 Å². The molecule has 0 radical (unpaired) electrons. The van der Waals surface area contributed by atoms with Crippen LogP contribution in [0.1, 0.15) is 10.5 Å². The minimum Gasteiger partial charge on any atom is -0.497 e. The lowest BCUT2D eigenvalue weighted by molar-refractivity contribution is 0.0984. The van der Waals surface area contributed by atoms with Gasteiger partial charge in [-0.05, 0) is 30.3 Å². The van der Waals surface area contributed by atoms with E-state index < -0.39 is 0 Å². The first-order chi connectivity index (χ1) is 13.2. The molecule has 5 rings (SSSR count). The monoisotopic (exact) mass is 359 g/mol. The molecule has 4 aromatic rings. The Kier molecular flexibility index (Phi) is 3.46. The maximum absolute atomic E-state index is 13.0. The molecule has 134 valence electrons. The maximum atomic E-state index is 13.0. The number of hydrogen-bond donors (Lipinski definition) is 1. The molecule has 1 aliphatic heterocycles. The van der Waals surface area contributed by atoms with Gasteiger partial charge < -0.3 is 9.30 Å². The zero-order chi connectivity index (χ0) is 18.4. The number of carbonyl (C=O) groups is 1. The number of nitrogens with zero attached hydrogens (tertiary/aromatic N) is 4. The third-order valence-electron chi connectivity index (χ3n) is 4.84. The smallest absolute Gasteiger partial charge is 0.278 e. The van der Waals surface area contributed by atoms with Crippen LogP contribution in [0.5, 0.6) is 5.75 Å². The van der Waals surface area contributed by atoms with Crippen LogP contribution in [0.4, 0.5) is 5.95 Å². The number of aromatic nitrogens is 4. The van der Waals surface area contributed by atoms with Crippen molar-refractivity contribution in [2.24, 2.45) is 0 Å². The van der Waals surface area contributed by atoms with Gasteiger partial charge in [-0.3, -0.25) is 14.8 Å². The molecule has 0 bridgehead atoms. The van der Waals surface area contributed by atoms with Gasteiger partial charge in [-0.15, -0.1) is 0 Å². The number of nitrogens with one attached hydrogen (secondary N) is 1. The van der Waals surface area contributed by atoms with Gasteiger partial charge in [0.05, 0.1) is 23.8 Å². The molecule has 1 N–H and O–H groups in total. The quantitative estimate of drug-likeness (QED) is 0.610. The molecule has 2 aromatic carbocycles. The van der Waals surface area contributed by atoms with Crippen molar-refractivity contribution in [3.8, 4) is 17.0 Å². The van der Waals surface area contributed by atoms with E-state index in [4.69, 9.17) is 4.74 Å². The molecule has 0 spiro atoms. The van der Waals surface area contributed by atoms with Crippen LogP contribution in [0.3, 0.4) is 0 Å². The van der Waals surface area contributed by atoms with Crippen LogP contribution in [-0.4, -0.2) is 39.3 Å². The molecule has 2 aromatic heterocycles. The van der Waals surface area contributed by atoms with Gasteiger partial charge in [0.15, 0.2) is 0 Å². The van der Waals surface area contributed by atoms with Crippen molar-refractivity contribution in [2.45, 2.75) is 6.54 Å². The summed E-state index contributed by atoms with van der Waals surface area (Å²) in [6, 6.07) is 17.3. The van der Waals surface area contributed by atoms with E-state index in [1.165, 1.54) is 0 Å². The van der Waals surface area contributed by atoms with E-state index in [-0.39, 0.29) is 5.91 Å². The molecular weight excluding hydrogens is 342 g/mol. The number of carbonyl (C=O) groups excluding carboxylic acids is 1. The number of benzene rings is 2. The van der Waals surface area contributed by atoms with Crippen molar-refractivity contribution in [2.75, 3.05) is 18.6 Å². The van der Waals surface area contributed by atoms with Crippen LogP contribution in [0.2, 0.25) is 0 Å². The molecule has 0 unspecified atom stereocenters. The predicted molar refractivity (Wildman–Crippen MR) is 102 cm³/mol. The Labute approximate surface area is 155 Å². The molecule has 0 saturated carbocycles. The number of hydrogen-bond acceptors (Lipinski definition) is 4. The standard InChI is InChI=1S/C20H17N5O2/c1-27-14-6-4-5-13(11-14)16-12-17(23-22-16)19(26)25-10-9-24-18-8-3-2-7-15(18)21-20(24)25/h2-8,11-12H,9-10H2,1H3,(H,22,23). The second-order valence-electron chi connectivity index (χ2n) is 6.41.